The number of hydrogen-bond acceptors (Lipinski definition) is 4. The lowest BCUT2D eigenvalue weighted by Gasteiger charge is -2.44. The average Bonchev–Trinajstić information content (AvgIpc) is 3.41. The minimum Gasteiger partial charge on any atom is -0.451 e. The number of carbonyl (C=O) groups is 1. The summed E-state index contributed by atoms with van der Waals surface area (Å²) < 4.78 is 5.93. The highest BCUT2D eigenvalue weighted by Crippen LogP contribution is 2.30. The lowest BCUT2D eigenvalue weighted by atomic mass is 9.84. The maximum Gasteiger partial charge on any atom is 0.287 e. The molecule has 0 aliphatic carbocycles. The number of hydrogen-bond donors (Lipinski definition) is 1. The predicted molar refractivity (Wildman–Crippen MR) is 106 cm³/mol. The molecule has 4 aliphatic heterocycles. The molecule has 1 aromatic heterocycles. The Balaban J connectivity index is 1.29. The molecule has 4 fully saturated rings. The SMILES string of the molecule is O=C(NC1CN2CCC1CC2)c1ccc(-c2cccc(N3CCCC3)c2)o1. The normalized spacial score (nSPS) is 27.1. The van der Waals surface area contributed by atoms with E-state index in [0.29, 0.717) is 11.7 Å². The Morgan fingerprint density at radius 2 is 1.85 bits per heavy atom. The van der Waals surface area contributed by atoms with Crippen molar-refractivity contribution in [3.05, 3.63) is 42.2 Å². The van der Waals surface area contributed by atoms with Gasteiger partial charge in [0, 0.05) is 36.9 Å². The summed E-state index contributed by atoms with van der Waals surface area (Å²) in [5.74, 6) is 1.70. The highest BCUT2D eigenvalue weighted by atomic mass is 16.3. The van der Waals surface area contributed by atoms with Crippen molar-refractivity contribution in [3.63, 3.8) is 0 Å². The minimum atomic E-state index is -0.0873. The number of anilines is 1. The highest BCUT2D eigenvalue weighted by molar-refractivity contribution is 5.92. The van der Waals surface area contributed by atoms with Gasteiger partial charge in [0.05, 0.1) is 0 Å². The van der Waals surface area contributed by atoms with Crippen molar-refractivity contribution < 1.29 is 9.21 Å². The summed E-state index contributed by atoms with van der Waals surface area (Å²) in [4.78, 5) is 17.5. The molecule has 0 saturated carbocycles. The predicted octanol–water partition coefficient (Wildman–Crippen LogP) is 3.37. The number of fused-ring (bicyclic) bond motifs is 3. The van der Waals surface area contributed by atoms with Crippen LogP contribution in [0.4, 0.5) is 5.69 Å². The van der Waals surface area contributed by atoms with E-state index in [0.717, 1.165) is 31.0 Å². The van der Waals surface area contributed by atoms with Crippen molar-refractivity contribution in [3.8, 4) is 11.3 Å². The van der Waals surface area contributed by atoms with E-state index in [1.54, 1.807) is 6.07 Å². The van der Waals surface area contributed by atoms with Gasteiger partial charge in [-0.25, -0.2) is 0 Å². The summed E-state index contributed by atoms with van der Waals surface area (Å²) in [5.41, 5.74) is 2.26. The van der Waals surface area contributed by atoms with Gasteiger partial charge in [-0.1, -0.05) is 12.1 Å². The number of piperidine rings is 3. The zero-order valence-electron chi connectivity index (χ0n) is 15.7. The number of nitrogens with zero attached hydrogens (tertiary/aromatic N) is 2. The second kappa shape index (κ2) is 7.04. The zero-order chi connectivity index (χ0) is 18.2. The van der Waals surface area contributed by atoms with Crippen molar-refractivity contribution in [2.75, 3.05) is 37.6 Å². The maximum absolute atomic E-state index is 12.7. The number of nitrogens with one attached hydrogen (secondary N) is 1. The fraction of sp³-hybridized carbons (Fsp3) is 0.500. The zero-order valence-corrected chi connectivity index (χ0v) is 15.7. The Bertz CT molecular complexity index is 816. The van der Waals surface area contributed by atoms with Crippen LogP contribution in [-0.4, -0.2) is 49.6 Å². The first-order valence-electron chi connectivity index (χ1n) is 10.2. The molecule has 5 heteroatoms. The smallest absolute Gasteiger partial charge is 0.287 e. The molecule has 5 nitrogen and oxygen atoms in total. The monoisotopic (exact) mass is 365 g/mol. The molecule has 0 radical (unpaired) electrons. The Hall–Kier alpha value is -2.27. The van der Waals surface area contributed by atoms with Crippen LogP contribution in [0.1, 0.15) is 36.2 Å². The van der Waals surface area contributed by atoms with Gasteiger partial charge in [-0.15, -0.1) is 0 Å². The van der Waals surface area contributed by atoms with Gasteiger partial charge >= 0.3 is 0 Å². The molecule has 4 aliphatic rings. The van der Waals surface area contributed by atoms with Gasteiger partial charge in [0.2, 0.25) is 0 Å². The third kappa shape index (κ3) is 3.36. The van der Waals surface area contributed by atoms with E-state index < -0.39 is 0 Å². The van der Waals surface area contributed by atoms with Crippen LogP contribution in [0, 0.1) is 5.92 Å². The van der Waals surface area contributed by atoms with Crippen LogP contribution >= 0.6 is 0 Å². The van der Waals surface area contributed by atoms with Gasteiger partial charge in [0.25, 0.3) is 5.91 Å². The first-order chi connectivity index (χ1) is 13.3. The molecular formula is C22H27N3O2. The van der Waals surface area contributed by atoms with Gasteiger partial charge in [0.1, 0.15) is 5.76 Å². The van der Waals surface area contributed by atoms with Gasteiger partial charge < -0.3 is 19.5 Å². The fourth-order valence-electron chi connectivity index (χ4n) is 4.81. The minimum absolute atomic E-state index is 0.0873. The molecule has 2 bridgehead atoms. The number of amides is 1. The fourth-order valence-corrected chi connectivity index (χ4v) is 4.81. The molecule has 1 N–H and O–H groups in total. The molecule has 4 saturated heterocycles. The Morgan fingerprint density at radius 1 is 1.04 bits per heavy atom. The van der Waals surface area contributed by atoms with E-state index in [4.69, 9.17) is 4.42 Å². The van der Waals surface area contributed by atoms with Crippen LogP contribution in [0.25, 0.3) is 11.3 Å². The highest BCUT2D eigenvalue weighted by Gasteiger charge is 2.35. The van der Waals surface area contributed by atoms with E-state index in [1.165, 1.54) is 44.5 Å². The van der Waals surface area contributed by atoms with Crippen molar-refractivity contribution in [1.82, 2.24) is 10.2 Å². The molecule has 142 valence electrons. The Kier molecular flexibility index (Phi) is 4.40. The summed E-state index contributed by atoms with van der Waals surface area (Å²) in [6.45, 7) is 5.57. The summed E-state index contributed by atoms with van der Waals surface area (Å²) in [5, 5.41) is 3.20. The molecule has 27 heavy (non-hydrogen) atoms. The van der Waals surface area contributed by atoms with Gasteiger partial charge in [-0.2, -0.15) is 0 Å². The molecule has 1 aromatic carbocycles. The van der Waals surface area contributed by atoms with Crippen LogP contribution in [0.2, 0.25) is 0 Å². The summed E-state index contributed by atoms with van der Waals surface area (Å²) in [6, 6.07) is 12.4. The molecular weight excluding hydrogens is 338 g/mol. The van der Waals surface area contributed by atoms with Crippen molar-refractivity contribution in [2.24, 2.45) is 5.92 Å². The lowest BCUT2D eigenvalue weighted by Crippen LogP contribution is -2.57. The van der Waals surface area contributed by atoms with E-state index in [-0.39, 0.29) is 11.9 Å². The van der Waals surface area contributed by atoms with Crippen LogP contribution < -0.4 is 10.2 Å². The van der Waals surface area contributed by atoms with Crippen molar-refractivity contribution in [1.29, 1.82) is 0 Å². The average molecular weight is 365 g/mol. The molecule has 6 rings (SSSR count). The second-order valence-corrected chi connectivity index (χ2v) is 8.13. The van der Waals surface area contributed by atoms with Gasteiger partial charge in [0.15, 0.2) is 5.76 Å². The topological polar surface area (TPSA) is 48.7 Å². The summed E-state index contributed by atoms with van der Waals surface area (Å²) >= 11 is 0. The number of furan rings is 1. The number of benzene rings is 1. The van der Waals surface area contributed by atoms with E-state index in [2.05, 4.69) is 33.3 Å². The van der Waals surface area contributed by atoms with Crippen LogP contribution in [0.5, 0.6) is 0 Å². The van der Waals surface area contributed by atoms with E-state index >= 15 is 0 Å². The van der Waals surface area contributed by atoms with Crippen LogP contribution in [-0.2, 0) is 0 Å². The van der Waals surface area contributed by atoms with Crippen molar-refractivity contribution in [2.45, 2.75) is 31.7 Å². The largest absolute Gasteiger partial charge is 0.451 e. The first kappa shape index (κ1) is 16.9. The third-order valence-corrected chi connectivity index (χ3v) is 6.40. The quantitative estimate of drug-likeness (QED) is 0.902. The van der Waals surface area contributed by atoms with Crippen LogP contribution in [0.3, 0.4) is 0 Å². The van der Waals surface area contributed by atoms with Crippen LogP contribution in [0.15, 0.2) is 40.8 Å². The second-order valence-electron chi connectivity index (χ2n) is 8.13. The standard InChI is InChI=1S/C22H27N3O2/c26-22(23-19-15-24-12-8-16(19)9-13-24)21-7-6-20(27-21)17-4-3-5-18(14-17)25-10-1-2-11-25/h3-7,14,16,19H,1-2,8-13,15H2,(H,23,26). The molecule has 2 aromatic rings. The maximum atomic E-state index is 12.7. The number of carbonyl (C=O) groups excluding carboxylic acids is 1. The Labute approximate surface area is 160 Å². The molecule has 0 spiro atoms. The van der Waals surface area contributed by atoms with E-state index in [1.807, 2.05) is 12.1 Å². The number of rotatable bonds is 4. The third-order valence-electron chi connectivity index (χ3n) is 6.40. The summed E-state index contributed by atoms with van der Waals surface area (Å²) in [6.07, 6.45) is 4.90. The summed E-state index contributed by atoms with van der Waals surface area (Å²) in [7, 11) is 0. The molecule has 1 amide bonds. The molecule has 5 heterocycles. The molecule has 1 atom stereocenters. The Morgan fingerprint density at radius 3 is 2.59 bits per heavy atom. The van der Waals surface area contributed by atoms with Gasteiger partial charge in [-0.3, -0.25) is 4.79 Å². The lowest BCUT2D eigenvalue weighted by molar-refractivity contribution is 0.0606. The molecule has 1 unspecified atom stereocenters. The van der Waals surface area contributed by atoms with E-state index in [9.17, 15) is 4.79 Å². The van der Waals surface area contributed by atoms with Gasteiger partial charge in [-0.05, 0) is 69.0 Å². The van der Waals surface area contributed by atoms with Crippen molar-refractivity contribution >= 4 is 11.6 Å². The first-order valence-corrected chi connectivity index (χ1v) is 10.2.